The van der Waals surface area contributed by atoms with Crippen molar-refractivity contribution in [3.63, 3.8) is 0 Å². The molecule has 0 saturated carbocycles. The van der Waals surface area contributed by atoms with Crippen molar-refractivity contribution < 1.29 is 14.1 Å². The second kappa shape index (κ2) is 4.83. The van der Waals surface area contributed by atoms with Gasteiger partial charge in [0.25, 0.3) is 5.69 Å². The fraction of sp³-hybridized carbons (Fsp3) is 0.0769. The molecule has 92 valence electrons. The summed E-state index contributed by atoms with van der Waals surface area (Å²) in [5.41, 5.74) is 0.524. The first kappa shape index (κ1) is 12.0. The molecule has 0 atom stereocenters. The molecule has 0 saturated heterocycles. The second-order valence-corrected chi connectivity index (χ2v) is 3.76. The van der Waals surface area contributed by atoms with Gasteiger partial charge in [-0.25, -0.2) is 4.39 Å². The molecule has 5 heteroatoms. The summed E-state index contributed by atoms with van der Waals surface area (Å²) >= 11 is 0. The number of hydrogen-bond acceptors (Lipinski definition) is 3. The normalized spacial score (nSPS) is 10.1. The quantitative estimate of drug-likeness (QED) is 0.611. The average Bonchev–Trinajstić information content (AvgIpc) is 2.28. The minimum absolute atomic E-state index is 0.0293. The van der Waals surface area contributed by atoms with Crippen molar-refractivity contribution >= 4 is 5.69 Å². The van der Waals surface area contributed by atoms with Crippen LogP contribution in [0.1, 0.15) is 5.56 Å². The third kappa shape index (κ3) is 2.63. The predicted molar refractivity (Wildman–Crippen MR) is 64.3 cm³/mol. The van der Waals surface area contributed by atoms with Crippen LogP contribution in [-0.4, -0.2) is 4.92 Å². The Bertz CT molecular complexity index is 599. The van der Waals surface area contributed by atoms with E-state index in [0.29, 0.717) is 17.1 Å². The van der Waals surface area contributed by atoms with Crippen LogP contribution >= 0.6 is 0 Å². The minimum Gasteiger partial charge on any atom is -0.457 e. The van der Waals surface area contributed by atoms with Crippen molar-refractivity contribution in [2.45, 2.75) is 6.92 Å². The topological polar surface area (TPSA) is 52.4 Å². The smallest absolute Gasteiger partial charge is 0.272 e. The number of halogens is 1. The maximum Gasteiger partial charge on any atom is 0.272 e. The highest BCUT2D eigenvalue weighted by Crippen LogP contribution is 2.27. The number of rotatable bonds is 3. The van der Waals surface area contributed by atoms with Crippen molar-refractivity contribution in [3.05, 3.63) is 64.0 Å². The zero-order chi connectivity index (χ0) is 13.1. The van der Waals surface area contributed by atoms with E-state index in [0.717, 1.165) is 0 Å². The van der Waals surface area contributed by atoms with Crippen LogP contribution in [0.5, 0.6) is 11.5 Å². The van der Waals surface area contributed by atoms with Crippen LogP contribution in [-0.2, 0) is 0 Å². The van der Waals surface area contributed by atoms with E-state index in [1.807, 2.05) is 0 Å². The second-order valence-electron chi connectivity index (χ2n) is 3.76. The van der Waals surface area contributed by atoms with Gasteiger partial charge in [-0.15, -0.1) is 0 Å². The standard InChI is InChI=1S/C13H10FNO3/c1-9-7-12(5-6-13(9)15(16)17)18-11-4-2-3-10(14)8-11/h2-8H,1H3. The van der Waals surface area contributed by atoms with E-state index >= 15 is 0 Å². The van der Waals surface area contributed by atoms with Crippen LogP contribution in [0.3, 0.4) is 0 Å². The summed E-state index contributed by atoms with van der Waals surface area (Å²) in [6, 6.07) is 10.1. The molecule has 0 heterocycles. The third-order valence-electron chi connectivity index (χ3n) is 2.40. The van der Waals surface area contributed by atoms with Gasteiger partial charge in [0.15, 0.2) is 0 Å². The Morgan fingerprint density at radius 3 is 2.50 bits per heavy atom. The average molecular weight is 247 g/mol. The van der Waals surface area contributed by atoms with E-state index in [1.165, 1.54) is 30.3 Å². The minimum atomic E-state index is -0.457. The maximum atomic E-state index is 12.9. The van der Waals surface area contributed by atoms with E-state index in [1.54, 1.807) is 19.1 Å². The summed E-state index contributed by atoms with van der Waals surface area (Å²) in [6.45, 7) is 1.62. The fourth-order valence-electron chi connectivity index (χ4n) is 1.56. The van der Waals surface area contributed by atoms with Gasteiger partial charge in [-0.3, -0.25) is 10.1 Å². The van der Waals surface area contributed by atoms with Crippen LogP contribution in [0.4, 0.5) is 10.1 Å². The summed E-state index contributed by atoms with van der Waals surface area (Å²) in [7, 11) is 0. The van der Waals surface area contributed by atoms with Gasteiger partial charge in [0.05, 0.1) is 4.92 Å². The van der Waals surface area contributed by atoms with Gasteiger partial charge in [0.1, 0.15) is 17.3 Å². The SMILES string of the molecule is Cc1cc(Oc2cccc(F)c2)ccc1[N+](=O)[O-]. The summed E-state index contributed by atoms with van der Waals surface area (Å²) < 4.78 is 18.4. The summed E-state index contributed by atoms with van der Waals surface area (Å²) in [6.07, 6.45) is 0. The first-order valence-electron chi connectivity index (χ1n) is 5.25. The lowest BCUT2D eigenvalue weighted by Crippen LogP contribution is -1.92. The van der Waals surface area contributed by atoms with E-state index < -0.39 is 10.7 Å². The van der Waals surface area contributed by atoms with Gasteiger partial charge in [-0.05, 0) is 31.2 Å². The predicted octanol–water partition coefficient (Wildman–Crippen LogP) is 3.83. The molecule has 2 rings (SSSR count). The van der Waals surface area contributed by atoms with Crippen LogP contribution in [0.15, 0.2) is 42.5 Å². The molecule has 0 aliphatic heterocycles. The highest BCUT2D eigenvalue weighted by Gasteiger charge is 2.11. The molecule has 0 N–H and O–H groups in total. The van der Waals surface area contributed by atoms with Crippen molar-refractivity contribution in [1.82, 2.24) is 0 Å². The van der Waals surface area contributed by atoms with Crippen molar-refractivity contribution in [1.29, 1.82) is 0 Å². The number of aryl methyl sites for hydroxylation is 1. The zero-order valence-corrected chi connectivity index (χ0v) is 9.59. The molecule has 18 heavy (non-hydrogen) atoms. The maximum absolute atomic E-state index is 12.9. The Morgan fingerprint density at radius 1 is 1.17 bits per heavy atom. The zero-order valence-electron chi connectivity index (χ0n) is 9.59. The van der Waals surface area contributed by atoms with Gasteiger partial charge in [-0.1, -0.05) is 6.07 Å². The Morgan fingerprint density at radius 2 is 1.89 bits per heavy atom. The Labute approximate surface area is 103 Å². The number of nitro benzene ring substituents is 1. The van der Waals surface area contributed by atoms with Crippen molar-refractivity contribution in [3.8, 4) is 11.5 Å². The Balaban J connectivity index is 2.25. The Kier molecular flexibility index (Phi) is 3.23. The molecule has 0 radical (unpaired) electrons. The first-order valence-corrected chi connectivity index (χ1v) is 5.25. The molecule has 2 aromatic carbocycles. The van der Waals surface area contributed by atoms with Crippen LogP contribution in [0.2, 0.25) is 0 Å². The monoisotopic (exact) mass is 247 g/mol. The lowest BCUT2D eigenvalue weighted by atomic mass is 10.2. The molecule has 4 nitrogen and oxygen atoms in total. The molecule has 0 spiro atoms. The van der Waals surface area contributed by atoms with Gasteiger partial charge >= 0.3 is 0 Å². The molecular formula is C13H10FNO3. The van der Waals surface area contributed by atoms with Crippen LogP contribution in [0.25, 0.3) is 0 Å². The van der Waals surface area contributed by atoms with Crippen molar-refractivity contribution in [2.75, 3.05) is 0 Å². The number of benzene rings is 2. The van der Waals surface area contributed by atoms with Gasteiger partial charge in [-0.2, -0.15) is 0 Å². The number of ether oxygens (including phenoxy) is 1. The molecule has 0 unspecified atom stereocenters. The van der Waals surface area contributed by atoms with Gasteiger partial charge in [0, 0.05) is 17.7 Å². The molecule has 2 aromatic rings. The van der Waals surface area contributed by atoms with E-state index in [2.05, 4.69) is 0 Å². The van der Waals surface area contributed by atoms with Crippen LogP contribution < -0.4 is 4.74 Å². The number of nitro groups is 1. The molecule has 0 aromatic heterocycles. The summed E-state index contributed by atoms with van der Waals surface area (Å²) in [5.74, 6) is 0.387. The molecule has 0 amide bonds. The Hall–Kier alpha value is -2.43. The van der Waals surface area contributed by atoms with Gasteiger partial charge < -0.3 is 4.74 Å². The fourth-order valence-corrected chi connectivity index (χ4v) is 1.56. The van der Waals surface area contributed by atoms with E-state index in [9.17, 15) is 14.5 Å². The lowest BCUT2D eigenvalue weighted by molar-refractivity contribution is -0.385. The largest absolute Gasteiger partial charge is 0.457 e. The van der Waals surface area contributed by atoms with E-state index in [-0.39, 0.29) is 5.69 Å². The summed E-state index contributed by atoms with van der Waals surface area (Å²) in [5, 5.41) is 10.7. The number of nitrogens with zero attached hydrogens (tertiary/aromatic N) is 1. The molecule has 0 aliphatic carbocycles. The molecule has 0 aliphatic rings. The highest BCUT2D eigenvalue weighted by molar-refractivity contribution is 5.45. The number of hydrogen-bond donors (Lipinski definition) is 0. The third-order valence-corrected chi connectivity index (χ3v) is 2.40. The first-order chi connectivity index (χ1) is 8.56. The molecular weight excluding hydrogens is 237 g/mol. The molecule has 0 bridgehead atoms. The lowest BCUT2D eigenvalue weighted by Gasteiger charge is -2.06. The van der Waals surface area contributed by atoms with E-state index in [4.69, 9.17) is 4.74 Å². The highest BCUT2D eigenvalue weighted by atomic mass is 19.1. The van der Waals surface area contributed by atoms with Gasteiger partial charge in [0.2, 0.25) is 0 Å². The van der Waals surface area contributed by atoms with Crippen molar-refractivity contribution in [2.24, 2.45) is 0 Å². The van der Waals surface area contributed by atoms with Crippen LogP contribution in [0, 0.1) is 22.9 Å². The summed E-state index contributed by atoms with van der Waals surface area (Å²) in [4.78, 5) is 10.2. The molecule has 0 fully saturated rings.